The Labute approximate surface area is 157 Å². The highest BCUT2D eigenvalue weighted by atomic mass is 32.2. The molecule has 0 bridgehead atoms. The fraction of sp³-hybridized carbons (Fsp3) is 0.278. The normalized spacial score (nSPS) is 11.5. The molecule has 0 saturated carbocycles. The molecule has 2 rings (SSSR count). The van der Waals surface area contributed by atoms with E-state index in [9.17, 15) is 17.6 Å². The number of hydrogen-bond acceptors (Lipinski definition) is 4. The van der Waals surface area contributed by atoms with Crippen molar-refractivity contribution in [3.05, 3.63) is 59.9 Å². The second kappa shape index (κ2) is 9.16. The summed E-state index contributed by atoms with van der Waals surface area (Å²) in [5.74, 6) is -0.221. The molecule has 0 aliphatic carbocycles. The number of nitrogens with one attached hydrogen (secondary N) is 1. The van der Waals surface area contributed by atoms with Gasteiger partial charge >= 0.3 is 0 Å². The molecule has 0 fully saturated rings. The van der Waals surface area contributed by atoms with Gasteiger partial charge in [0, 0.05) is 24.2 Å². The largest absolute Gasteiger partial charge is 0.354 e. The number of sulfonamides is 1. The van der Waals surface area contributed by atoms with Gasteiger partial charge in [0.1, 0.15) is 5.82 Å². The van der Waals surface area contributed by atoms with Gasteiger partial charge in [-0.15, -0.1) is 11.8 Å². The van der Waals surface area contributed by atoms with Gasteiger partial charge < -0.3 is 5.32 Å². The van der Waals surface area contributed by atoms with Gasteiger partial charge in [0.05, 0.1) is 11.4 Å². The minimum Gasteiger partial charge on any atom is -0.354 e. The maximum Gasteiger partial charge on any atom is 0.243 e. The summed E-state index contributed by atoms with van der Waals surface area (Å²) in [4.78, 5) is 13.0. The summed E-state index contributed by atoms with van der Waals surface area (Å²) in [6, 6.07) is 12.6. The molecule has 1 amide bonds. The fourth-order valence-corrected chi connectivity index (χ4v) is 4.02. The highest BCUT2D eigenvalue weighted by Gasteiger charge is 2.22. The molecule has 5 nitrogen and oxygen atoms in total. The fourth-order valence-electron chi connectivity index (χ4n) is 2.12. The summed E-state index contributed by atoms with van der Waals surface area (Å²) in [6.45, 7) is 2.15. The maximum atomic E-state index is 12.9. The van der Waals surface area contributed by atoms with Crippen LogP contribution >= 0.6 is 11.8 Å². The number of benzene rings is 2. The van der Waals surface area contributed by atoms with Gasteiger partial charge in [-0.2, -0.15) is 4.31 Å². The Hall–Kier alpha value is -1.90. The zero-order valence-corrected chi connectivity index (χ0v) is 16.2. The van der Waals surface area contributed by atoms with E-state index in [1.165, 1.54) is 24.7 Å². The van der Waals surface area contributed by atoms with Crippen molar-refractivity contribution in [2.24, 2.45) is 0 Å². The first-order valence-corrected chi connectivity index (χ1v) is 10.4. The average molecular weight is 397 g/mol. The van der Waals surface area contributed by atoms with Crippen LogP contribution in [0.2, 0.25) is 0 Å². The Bertz CT molecular complexity index is 838. The van der Waals surface area contributed by atoms with E-state index in [-0.39, 0.29) is 17.3 Å². The molecular weight excluding hydrogens is 375 g/mol. The van der Waals surface area contributed by atoms with Gasteiger partial charge in [0.25, 0.3) is 0 Å². The van der Waals surface area contributed by atoms with Gasteiger partial charge in [-0.25, -0.2) is 12.8 Å². The zero-order valence-electron chi connectivity index (χ0n) is 14.6. The van der Waals surface area contributed by atoms with E-state index in [0.717, 1.165) is 21.3 Å². The van der Waals surface area contributed by atoms with Crippen molar-refractivity contribution in [2.75, 3.05) is 25.9 Å². The summed E-state index contributed by atoms with van der Waals surface area (Å²) < 4.78 is 38.6. The Morgan fingerprint density at radius 3 is 2.35 bits per heavy atom. The van der Waals surface area contributed by atoms with Crippen LogP contribution in [0.1, 0.15) is 5.56 Å². The molecule has 0 saturated heterocycles. The highest BCUT2D eigenvalue weighted by Crippen LogP contribution is 2.17. The summed E-state index contributed by atoms with van der Waals surface area (Å²) in [6.07, 6.45) is 0. The van der Waals surface area contributed by atoms with Crippen molar-refractivity contribution >= 4 is 27.7 Å². The van der Waals surface area contributed by atoms with Crippen molar-refractivity contribution in [3.8, 4) is 0 Å². The summed E-state index contributed by atoms with van der Waals surface area (Å²) in [5, 5.41) is 2.70. The summed E-state index contributed by atoms with van der Waals surface area (Å²) >= 11 is 1.61. The molecule has 0 unspecified atom stereocenters. The molecule has 2 aromatic rings. The van der Waals surface area contributed by atoms with Gasteiger partial charge in [-0.05, 0) is 43.3 Å². The first kappa shape index (κ1) is 20.4. The Balaban J connectivity index is 1.79. The van der Waals surface area contributed by atoms with Crippen LogP contribution in [0.4, 0.5) is 4.39 Å². The number of halogens is 1. The average Bonchev–Trinajstić information content (AvgIpc) is 2.60. The molecule has 0 spiro atoms. The molecule has 0 aliphatic heterocycles. The SMILES string of the molecule is Cc1ccc(SCCNC(=O)CN(C)S(=O)(=O)c2ccc(F)cc2)cc1. The lowest BCUT2D eigenvalue weighted by Crippen LogP contribution is -2.39. The quantitative estimate of drug-likeness (QED) is 0.550. The third-order valence-electron chi connectivity index (χ3n) is 3.60. The van der Waals surface area contributed by atoms with Gasteiger partial charge in [0.2, 0.25) is 15.9 Å². The van der Waals surface area contributed by atoms with Gasteiger partial charge in [0.15, 0.2) is 0 Å². The molecule has 0 heterocycles. The number of amides is 1. The first-order chi connectivity index (χ1) is 12.3. The molecule has 1 N–H and O–H groups in total. The number of aryl methyl sites for hydroxylation is 1. The van der Waals surface area contributed by atoms with Crippen molar-refractivity contribution in [3.63, 3.8) is 0 Å². The number of rotatable bonds is 8. The number of carbonyl (C=O) groups is 1. The minimum atomic E-state index is -3.83. The molecule has 0 aliphatic rings. The zero-order chi connectivity index (χ0) is 19.2. The van der Waals surface area contributed by atoms with E-state index in [2.05, 4.69) is 5.32 Å². The molecule has 140 valence electrons. The van der Waals surface area contributed by atoms with Crippen molar-refractivity contribution < 1.29 is 17.6 Å². The highest BCUT2D eigenvalue weighted by molar-refractivity contribution is 7.99. The predicted molar refractivity (Wildman–Crippen MR) is 101 cm³/mol. The monoisotopic (exact) mass is 396 g/mol. The molecule has 0 radical (unpaired) electrons. The Morgan fingerprint density at radius 1 is 1.12 bits per heavy atom. The van der Waals surface area contributed by atoms with Gasteiger partial charge in [-0.1, -0.05) is 17.7 Å². The third-order valence-corrected chi connectivity index (χ3v) is 6.43. The van der Waals surface area contributed by atoms with Crippen LogP contribution in [-0.2, 0) is 14.8 Å². The van der Waals surface area contributed by atoms with E-state index in [0.29, 0.717) is 12.3 Å². The molecule has 26 heavy (non-hydrogen) atoms. The van der Waals surface area contributed by atoms with Crippen LogP contribution < -0.4 is 5.32 Å². The van der Waals surface area contributed by atoms with E-state index in [4.69, 9.17) is 0 Å². The van der Waals surface area contributed by atoms with Crippen molar-refractivity contribution in [2.45, 2.75) is 16.7 Å². The van der Waals surface area contributed by atoms with Crippen LogP contribution in [0.25, 0.3) is 0 Å². The third kappa shape index (κ3) is 5.82. The summed E-state index contributed by atoms with van der Waals surface area (Å²) in [7, 11) is -2.51. The van der Waals surface area contributed by atoms with E-state index >= 15 is 0 Å². The second-order valence-electron chi connectivity index (χ2n) is 5.73. The lowest BCUT2D eigenvalue weighted by molar-refractivity contribution is -0.121. The molecule has 0 atom stereocenters. The van der Waals surface area contributed by atoms with Crippen LogP contribution in [0.15, 0.2) is 58.3 Å². The van der Waals surface area contributed by atoms with E-state index < -0.39 is 15.8 Å². The van der Waals surface area contributed by atoms with Crippen LogP contribution in [0.3, 0.4) is 0 Å². The van der Waals surface area contributed by atoms with Crippen LogP contribution in [-0.4, -0.2) is 44.5 Å². The lowest BCUT2D eigenvalue weighted by Gasteiger charge is -2.16. The van der Waals surface area contributed by atoms with Crippen LogP contribution in [0, 0.1) is 12.7 Å². The lowest BCUT2D eigenvalue weighted by atomic mass is 10.2. The predicted octanol–water partition coefficient (Wildman–Crippen LogP) is 2.66. The number of carbonyl (C=O) groups excluding carboxylic acids is 1. The minimum absolute atomic E-state index is 0.0517. The standard InChI is InChI=1S/C18H21FN2O3S2/c1-14-3-7-16(8-4-14)25-12-11-20-18(22)13-21(2)26(23,24)17-9-5-15(19)6-10-17/h3-10H,11-13H2,1-2H3,(H,20,22). The van der Waals surface area contributed by atoms with Crippen molar-refractivity contribution in [1.82, 2.24) is 9.62 Å². The van der Waals surface area contributed by atoms with E-state index in [1.807, 2.05) is 31.2 Å². The maximum absolute atomic E-state index is 12.9. The second-order valence-corrected chi connectivity index (χ2v) is 8.94. The number of thioether (sulfide) groups is 1. The van der Waals surface area contributed by atoms with Gasteiger partial charge in [-0.3, -0.25) is 4.79 Å². The first-order valence-electron chi connectivity index (χ1n) is 7.97. The molecule has 8 heteroatoms. The Kier molecular flexibility index (Phi) is 7.19. The number of nitrogens with zero attached hydrogens (tertiary/aromatic N) is 1. The van der Waals surface area contributed by atoms with Crippen molar-refractivity contribution in [1.29, 1.82) is 0 Å². The molecule has 0 aromatic heterocycles. The summed E-state index contributed by atoms with van der Waals surface area (Å²) in [5.41, 5.74) is 1.19. The smallest absolute Gasteiger partial charge is 0.243 e. The molecule has 2 aromatic carbocycles. The number of hydrogen-bond donors (Lipinski definition) is 1. The van der Waals surface area contributed by atoms with E-state index in [1.54, 1.807) is 11.8 Å². The topological polar surface area (TPSA) is 66.5 Å². The molecular formula is C18H21FN2O3S2. The number of likely N-dealkylation sites (N-methyl/N-ethyl adjacent to an activating group) is 1. The Morgan fingerprint density at radius 2 is 1.73 bits per heavy atom. The van der Waals surface area contributed by atoms with Crippen LogP contribution in [0.5, 0.6) is 0 Å².